The molecule has 104 valence electrons. The zero-order valence-electron chi connectivity index (χ0n) is 11.2. The molecule has 0 amide bonds. The Balaban J connectivity index is 1.43. The highest BCUT2D eigenvalue weighted by molar-refractivity contribution is 9.11. The molecule has 3 aliphatic rings. The van der Waals surface area contributed by atoms with E-state index in [1.165, 1.54) is 55.4 Å². The Labute approximate surface area is 127 Å². The standard InChI is InChI=1S/C15H21BrN2S/c16-15-8-12-13(2-1-3-14(12)19-15)17-10-6-7-18(9-10)11-4-5-11/h8,10-11,13,17H,1-7,9H2. The molecule has 2 nitrogen and oxygen atoms in total. The molecule has 19 heavy (non-hydrogen) atoms. The molecule has 1 aromatic heterocycles. The molecule has 2 heterocycles. The molecule has 0 aromatic carbocycles. The van der Waals surface area contributed by atoms with Crippen LogP contribution < -0.4 is 5.32 Å². The molecule has 2 fully saturated rings. The van der Waals surface area contributed by atoms with E-state index < -0.39 is 0 Å². The summed E-state index contributed by atoms with van der Waals surface area (Å²) in [7, 11) is 0. The molecule has 0 spiro atoms. The number of hydrogen-bond donors (Lipinski definition) is 1. The number of fused-ring (bicyclic) bond motifs is 1. The van der Waals surface area contributed by atoms with Gasteiger partial charge in [-0.3, -0.25) is 4.90 Å². The van der Waals surface area contributed by atoms with E-state index in [1.54, 1.807) is 10.4 Å². The number of nitrogens with one attached hydrogen (secondary N) is 1. The Morgan fingerprint density at radius 1 is 1.26 bits per heavy atom. The average molecular weight is 341 g/mol. The summed E-state index contributed by atoms with van der Waals surface area (Å²) in [5.41, 5.74) is 1.58. The van der Waals surface area contributed by atoms with Crippen LogP contribution in [0.15, 0.2) is 9.85 Å². The van der Waals surface area contributed by atoms with Gasteiger partial charge in [-0.15, -0.1) is 11.3 Å². The molecule has 1 saturated carbocycles. The summed E-state index contributed by atoms with van der Waals surface area (Å²) >= 11 is 5.59. The largest absolute Gasteiger partial charge is 0.306 e. The number of likely N-dealkylation sites (tertiary alicyclic amines) is 1. The van der Waals surface area contributed by atoms with Crippen LogP contribution in [0, 0.1) is 0 Å². The first-order chi connectivity index (χ1) is 9.29. The van der Waals surface area contributed by atoms with Crippen molar-refractivity contribution < 1.29 is 0 Å². The topological polar surface area (TPSA) is 15.3 Å². The molecule has 1 N–H and O–H groups in total. The predicted octanol–water partition coefficient (Wildman–Crippen LogP) is 3.71. The first-order valence-corrected chi connectivity index (χ1v) is 9.19. The maximum absolute atomic E-state index is 3.94. The number of hydrogen-bond acceptors (Lipinski definition) is 3. The average Bonchev–Trinajstić information content (AvgIpc) is 3.01. The van der Waals surface area contributed by atoms with Crippen LogP contribution in [-0.4, -0.2) is 30.1 Å². The van der Waals surface area contributed by atoms with Crippen LogP contribution >= 0.6 is 27.3 Å². The highest BCUT2D eigenvalue weighted by atomic mass is 79.9. The van der Waals surface area contributed by atoms with Gasteiger partial charge in [0, 0.05) is 36.1 Å². The number of thiophene rings is 1. The van der Waals surface area contributed by atoms with Crippen molar-refractivity contribution in [3.63, 3.8) is 0 Å². The van der Waals surface area contributed by atoms with Crippen LogP contribution in [0.25, 0.3) is 0 Å². The van der Waals surface area contributed by atoms with Gasteiger partial charge in [-0.25, -0.2) is 0 Å². The van der Waals surface area contributed by atoms with Gasteiger partial charge in [0.2, 0.25) is 0 Å². The van der Waals surface area contributed by atoms with E-state index >= 15 is 0 Å². The van der Waals surface area contributed by atoms with Gasteiger partial charge in [-0.2, -0.15) is 0 Å². The Hall–Kier alpha value is 0.1000. The van der Waals surface area contributed by atoms with Gasteiger partial charge < -0.3 is 5.32 Å². The van der Waals surface area contributed by atoms with E-state index in [1.807, 2.05) is 11.3 Å². The van der Waals surface area contributed by atoms with Crippen LogP contribution in [0.5, 0.6) is 0 Å². The van der Waals surface area contributed by atoms with Gasteiger partial charge in [-0.05, 0) is 66.1 Å². The maximum atomic E-state index is 3.94. The predicted molar refractivity (Wildman–Crippen MR) is 83.8 cm³/mol. The summed E-state index contributed by atoms with van der Waals surface area (Å²) in [5.74, 6) is 0. The van der Waals surface area contributed by atoms with Gasteiger partial charge in [0.25, 0.3) is 0 Å². The fraction of sp³-hybridized carbons (Fsp3) is 0.733. The van der Waals surface area contributed by atoms with Crippen LogP contribution in [0.1, 0.15) is 48.6 Å². The third-order valence-corrected chi connectivity index (χ3v) is 6.52. The molecular formula is C15H21BrN2S. The van der Waals surface area contributed by atoms with E-state index in [0.717, 1.165) is 12.1 Å². The van der Waals surface area contributed by atoms with Crippen molar-refractivity contribution in [3.8, 4) is 0 Å². The molecule has 2 aliphatic carbocycles. The molecule has 0 bridgehead atoms. The summed E-state index contributed by atoms with van der Waals surface area (Å²) in [6.45, 7) is 2.59. The lowest BCUT2D eigenvalue weighted by atomic mass is 9.93. The smallest absolute Gasteiger partial charge is 0.0704 e. The minimum absolute atomic E-state index is 0.607. The number of aryl methyl sites for hydroxylation is 1. The third kappa shape index (κ3) is 2.65. The quantitative estimate of drug-likeness (QED) is 0.902. The highest BCUT2D eigenvalue weighted by Crippen LogP contribution is 2.39. The van der Waals surface area contributed by atoms with Crippen LogP contribution in [0.3, 0.4) is 0 Å². The lowest BCUT2D eigenvalue weighted by molar-refractivity contribution is 0.308. The number of rotatable bonds is 3. The molecule has 4 rings (SSSR count). The van der Waals surface area contributed by atoms with E-state index in [0.29, 0.717) is 6.04 Å². The van der Waals surface area contributed by atoms with Crippen molar-refractivity contribution in [2.45, 2.75) is 56.7 Å². The fourth-order valence-electron chi connectivity index (χ4n) is 3.67. The molecule has 1 aromatic rings. The monoisotopic (exact) mass is 340 g/mol. The normalized spacial score (nSPS) is 31.6. The van der Waals surface area contributed by atoms with Crippen molar-refractivity contribution in [3.05, 3.63) is 20.3 Å². The molecule has 2 atom stereocenters. The van der Waals surface area contributed by atoms with Gasteiger partial charge in [-0.1, -0.05) is 0 Å². The Bertz CT molecular complexity index is 469. The number of halogens is 1. The molecule has 1 saturated heterocycles. The van der Waals surface area contributed by atoms with Crippen LogP contribution in [0.2, 0.25) is 0 Å². The number of nitrogens with zero attached hydrogens (tertiary/aromatic N) is 1. The van der Waals surface area contributed by atoms with Crippen molar-refractivity contribution >= 4 is 27.3 Å². The summed E-state index contributed by atoms with van der Waals surface area (Å²) in [6, 6.07) is 4.61. The minimum Gasteiger partial charge on any atom is -0.306 e. The van der Waals surface area contributed by atoms with Gasteiger partial charge >= 0.3 is 0 Å². The second-order valence-electron chi connectivity index (χ2n) is 6.25. The van der Waals surface area contributed by atoms with Gasteiger partial charge in [0.05, 0.1) is 3.79 Å². The third-order valence-electron chi connectivity index (χ3n) is 4.80. The zero-order chi connectivity index (χ0) is 12.8. The van der Waals surface area contributed by atoms with Crippen LogP contribution in [-0.2, 0) is 6.42 Å². The molecule has 0 radical (unpaired) electrons. The lowest BCUT2D eigenvalue weighted by Crippen LogP contribution is -2.36. The Morgan fingerprint density at radius 2 is 2.16 bits per heavy atom. The second kappa shape index (κ2) is 5.14. The molecule has 2 unspecified atom stereocenters. The SMILES string of the molecule is Brc1cc2c(s1)CCCC2NC1CCN(C2CC2)C1. The summed E-state index contributed by atoms with van der Waals surface area (Å²) < 4.78 is 1.30. The van der Waals surface area contributed by atoms with Crippen molar-refractivity contribution in [2.24, 2.45) is 0 Å². The van der Waals surface area contributed by atoms with Crippen LogP contribution in [0.4, 0.5) is 0 Å². The van der Waals surface area contributed by atoms with Crippen molar-refractivity contribution in [1.29, 1.82) is 0 Å². The molecule has 1 aliphatic heterocycles. The lowest BCUT2D eigenvalue weighted by Gasteiger charge is -2.27. The van der Waals surface area contributed by atoms with E-state index in [2.05, 4.69) is 32.2 Å². The first-order valence-electron chi connectivity index (χ1n) is 7.58. The summed E-state index contributed by atoms with van der Waals surface area (Å²) in [6.07, 6.45) is 8.17. The Morgan fingerprint density at radius 3 is 3.00 bits per heavy atom. The van der Waals surface area contributed by atoms with Gasteiger partial charge in [0.1, 0.15) is 0 Å². The minimum atomic E-state index is 0.607. The first kappa shape index (κ1) is 12.8. The van der Waals surface area contributed by atoms with Gasteiger partial charge in [0.15, 0.2) is 0 Å². The maximum Gasteiger partial charge on any atom is 0.0704 e. The van der Waals surface area contributed by atoms with E-state index in [9.17, 15) is 0 Å². The van der Waals surface area contributed by atoms with Crippen molar-refractivity contribution in [1.82, 2.24) is 10.2 Å². The summed E-state index contributed by atoms with van der Waals surface area (Å²) in [4.78, 5) is 4.30. The molecule has 4 heteroatoms. The second-order valence-corrected chi connectivity index (χ2v) is 8.77. The van der Waals surface area contributed by atoms with Crippen molar-refractivity contribution in [2.75, 3.05) is 13.1 Å². The zero-order valence-corrected chi connectivity index (χ0v) is 13.6. The fourth-order valence-corrected chi connectivity index (χ4v) is 5.49. The molecular weight excluding hydrogens is 320 g/mol. The Kier molecular flexibility index (Phi) is 3.46. The highest BCUT2D eigenvalue weighted by Gasteiger charge is 2.35. The van der Waals surface area contributed by atoms with E-state index in [4.69, 9.17) is 0 Å². The summed E-state index contributed by atoms with van der Waals surface area (Å²) in [5, 5.41) is 3.94. The van der Waals surface area contributed by atoms with E-state index in [-0.39, 0.29) is 0 Å².